The highest BCUT2D eigenvalue weighted by atomic mass is 35.5. The lowest BCUT2D eigenvalue weighted by Gasteiger charge is -2.45. The molecular weight excluding hydrogens is 777 g/mol. The van der Waals surface area contributed by atoms with E-state index in [0.717, 1.165) is 74.9 Å². The molecule has 3 atom stereocenters. The smallest absolute Gasteiger partial charge is 0.322 e. The molecule has 308 valence electrons. The van der Waals surface area contributed by atoms with Crippen LogP contribution in [0.15, 0.2) is 54.6 Å². The Bertz CT molecular complexity index is 2230. The van der Waals surface area contributed by atoms with E-state index in [1.807, 2.05) is 26.0 Å². The van der Waals surface area contributed by atoms with E-state index in [1.54, 1.807) is 41.3 Å². The second kappa shape index (κ2) is 16.5. The van der Waals surface area contributed by atoms with Crippen LogP contribution in [0.3, 0.4) is 0 Å². The Hall–Kier alpha value is -5.72. The van der Waals surface area contributed by atoms with Crippen molar-refractivity contribution >= 4 is 64.0 Å². The van der Waals surface area contributed by atoms with Crippen LogP contribution in [0.2, 0.25) is 5.02 Å². The molecule has 0 saturated carbocycles. The van der Waals surface area contributed by atoms with Crippen LogP contribution in [0.25, 0.3) is 0 Å². The first-order valence-electron chi connectivity index (χ1n) is 20.3. The topological polar surface area (TPSA) is 153 Å². The zero-order valence-electron chi connectivity index (χ0n) is 33.1. The van der Waals surface area contributed by atoms with Gasteiger partial charge in [0.1, 0.15) is 17.9 Å². The molecule has 4 saturated heterocycles. The first-order valence-corrected chi connectivity index (χ1v) is 20.7. The summed E-state index contributed by atoms with van der Waals surface area (Å²) in [6.07, 6.45) is 2.06. The Kier molecular flexibility index (Phi) is 11.2. The van der Waals surface area contributed by atoms with Crippen molar-refractivity contribution in [3.05, 3.63) is 82.1 Å². The van der Waals surface area contributed by atoms with Gasteiger partial charge in [0.05, 0.1) is 27.4 Å². The zero-order chi connectivity index (χ0) is 41.5. The summed E-state index contributed by atoms with van der Waals surface area (Å²) in [5, 5.41) is 14.8. The number of hydrogen-bond acceptors (Lipinski definition) is 10. The number of amides is 6. The molecule has 6 amide bonds. The molecule has 0 aliphatic carbocycles. The van der Waals surface area contributed by atoms with Gasteiger partial charge in [-0.25, -0.2) is 9.18 Å². The highest BCUT2D eigenvalue weighted by Gasteiger charge is 2.45. The van der Waals surface area contributed by atoms with Gasteiger partial charge in [-0.2, -0.15) is 5.26 Å². The fraction of sp³-hybridized carbons (Fsp3) is 0.442. The second-order valence-corrected chi connectivity index (χ2v) is 16.7. The summed E-state index contributed by atoms with van der Waals surface area (Å²) in [5.74, 6) is -1.94. The summed E-state index contributed by atoms with van der Waals surface area (Å²) >= 11 is 6.29. The largest absolute Gasteiger partial charge is 0.369 e. The van der Waals surface area contributed by atoms with Crippen molar-refractivity contribution in [3.8, 4) is 6.07 Å². The van der Waals surface area contributed by atoms with E-state index in [4.69, 9.17) is 11.6 Å². The minimum atomic E-state index is -0.991. The molecule has 5 heterocycles. The number of hydrogen-bond donors (Lipinski definition) is 2. The molecule has 3 aromatic carbocycles. The molecule has 5 aliphatic heterocycles. The Labute approximate surface area is 347 Å². The minimum Gasteiger partial charge on any atom is -0.369 e. The van der Waals surface area contributed by atoms with Gasteiger partial charge in [0.2, 0.25) is 11.8 Å². The van der Waals surface area contributed by atoms with Gasteiger partial charge in [-0.15, -0.1) is 0 Å². The van der Waals surface area contributed by atoms with Crippen molar-refractivity contribution in [3.63, 3.8) is 0 Å². The average Bonchev–Trinajstić information content (AvgIpc) is 3.47. The van der Waals surface area contributed by atoms with Gasteiger partial charge in [-0.3, -0.25) is 34.3 Å². The van der Waals surface area contributed by atoms with Crippen molar-refractivity contribution in [2.75, 3.05) is 78.9 Å². The number of nitrogens with zero attached hydrogens (tertiary/aromatic N) is 7. The van der Waals surface area contributed by atoms with E-state index < -0.39 is 29.7 Å². The zero-order valence-corrected chi connectivity index (χ0v) is 33.9. The summed E-state index contributed by atoms with van der Waals surface area (Å²) in [4.78, 5) is 75.6. The van der Waals surface area contributed by atoms with Gasteiger partial charge in [0.25, 0.3) is 11.8 Å². The second-order valence-electron chi connectivity index (χ2n) is 16.3. The molecule has 59 heavy (non-hydrogen) atoms. The first-order chi connectivity index (χ1) is 28.4. The molecule has 0 unspecified atom stereocenters. The van der Waals surface area contributed by atoms with E-state index >= 15 is 4.39 Å². The quantitative estimate of drug-likeness (QED) is 0.314. The number of fused-ring (bicyclic) bond motifs is 1. The predicted octanol–water partition coefficient (Wildman–Crippen LogP) is 4.92. The number of rotatable bonds is 7. The number of piperidine rings is 2. The standard InChI is InChI=1S/C43H47ClFN9O5/c1-26-24-53(27(2)23-52(26)32-5-3-29(22-46)35(44)21-32)43(59)47-30-4-8-37(36(45)19-30)51-13-11-28(12-14-51)25-49-15-17-50(18-16-49)31-6-7-33-34(20-31)42(58)54(41(33)57)38-9-10-39(55)48-40(38)56/h3-8,19-21,26-28,38H,9-18,23-25H2,1-2H3,(H,47,59)(H,48,55,56)/t26-,27+,38+/m0/s1. The highest BCUT2D eigenvalue weighted by molar-refractivity contribution is 6.32. The summed E-state index contributed by atoms with van der Waals surface area (Å²) in [6, 6.07) is 16.2. The Balaban J connectivity index is 0.792. The number of carbonyl (C=O) groups excluding carboxylic acids is 5. The number of urea groups is 1. The predicted molar refractivity (Wildman–Crippen MR) is 221 cm³/mol. The lowest BCUT2D eigenvalue weighted by Crippen LogP contribution is -2.59. The molecule has 0 bridgehead atoms. The van der Waals surface area contributed by atoms with E-state index in [0.29, 0.717) is 41.0 Å². The van der Waals surface area contributed by atoms with Crippen molar-refractivity contribution in [2.45, 2.75) is 57.7 Å². The van der Waals surface area contributed by atoms with Gasteiger partial charge in [0.15, 0.2) is 0 Å². The Morgan fingerprint density at radius 3 is 2.27 bits per heavy atom. The number of halogens is 2. The van der Waals surface area contributed by atoms with Crippen LogP contribution in [0.5, 0.6) is 0 Å². The average molecular weight is 824 g/mol. The molecule has 16 heteroatoms. The maximum atomic E-state index is 15.6. The third-order valence-corrected chi connectivity index (χ3v) is 12.8. The third-order valence-electron chi connectivity index (χ3n) is 12.5. The number of nitrogens with one attached hydrogen (secondary N) is 2. The number of nitriles is 1. The van der Waals surface area contributed by atoms with Crippen LogP contribution in [0.1, 0.15) is 65.8 Å². The van der Waals surface area contributed by atoms with Gasteiger partial charge in [-0.05, 0) is 93.6 Å². The monoisotopic (exact) mass is 823 g/mol. The first kappa shape index (κ1) is 40.1. The molecule has 0 spiro atoms. The molecule has 8 rings (SSSR count). The number of imide groups is 2. The summed E-state index contributed by atoms with van der Waals surface area (Å²) in [5.41, 5.74) is 3.65. The highest BCUT2D eigenvalue weighted by Crippen LogP contribution is 2.33. The van der Waals surface area contributed by atoms with Crippen molar-refractivity contribution in [2.24, 2.45) is 5.92 Å². The van der Waals surface area contributed by atoms with E-state index in [2.05, 4.69) is 36.3 Å². The maximum absolute atomic E-state index is 15.6. The van der Waals surface area contributed by atoms with Crippen LogP contribution in [0, 0.1) is 23.1 Å². The number of benzene rings is 3. The van der Waals surface area contributed by atoms with Crippen LogP contribution < -0.4 is 25.3 Å². The number of anilines is 4. The van der Waals surface area contributed by atoms with Gasteiger partial charge < -0.3 is 24.9 Å². The molecule has 14 nitrogen and oxygen atoms in total. The summed E-state index contributed by atoms with van der Waals surface area (Å²) in [7, 11) is 0. The molecule has 5 aliphatic rings. The normalized spacial score (nSPS) is 23.0. The minimum absolute atomic E-state index is 0.00637. The van der Waals surface area contributed by atoms with Gasteiger partial charge in [0, 0.05) is 94.5 Å². The molecule has 2 N–H and O–H groups in total. The maximum Gasteiger partial charge on any atom is 0.322 e. The van der Waals surface area contributed by atoms with Crippen LogP contribution in [-0.4, -0.2) is 121 Å². The van der Waals surface area contributed by atoms with E-state index in [1.165, 1.54) is 6.07 Å². The van der Waals surface area contributed by atoms with Crippen molar-refractivity contribution < 1.29 is 28.4 Å². The Morgan fingerprint density at radius 1 is 0.847 bits per heavy atom. The van der Waals surface area contributed by atoms with Crippen LogP contribution in [0.4, 0.5) is 31.9 Å². The van der Waals surface area contributed by atoms with Crippen LogP contribution in [-0.2, 0) is 9.59 Å². The van der Waals surface area contributed by atoms with Crippen molar-refractivity contribution in [1.29, 1.82) is 5.26 Å². The fourth-order valence-electron chi connectivity index (χ4n) is 9.14. The van der Waals surface area contributed by atoms with Gasteiger partial charge >= 0.3 is 6.03 Å². The fourth-order valence-corrected chi connectivity index (χ4v) is 9.36. The Morgan fingerprint density at radius 2 is 1.58 bits per heavy atom. The SMILES string of the molecule is C[C@@H]1CN(c2ccc(C#N)c(Cl)c2)[C@@H](C)CN1C(=O)Nc1ccc(N2CCC(CN3CCN(c4ccc5c(c4)C(=O)N([C@@H]4CCC(=O)NC4=O)C5=O)CC3)CC2)c(F)c1. The molecule has 3 aromatic rings. The molecule has 0 aromatic heterocycles. The van der Waals surface area contributed by atoms with E-state index in [9.17, 15) is 29.2 Å². The van der Waals surface area contributed by atoms with E-state index in [-0.39, 0.29) is 47.9 Å². The summed E-state index contributed by atoms with van der Waals surface area (Å²) in [6.45, 7) is 10.7. The van der Waals surface area contributed by atoms with Crippen molar-refractivity contribution in [1.82, 2.24) is 20.0 Å². The molecular formula is C43H47ClFN9O5. The lowest BCUT2D eigenvalue weighted by atomic mass is 9.95. The molecule has 4 fully saturated rings. The number of piperazine rings is 2. The molecule has 0 radical (unpaired) electrons. The number of carbonyl (C=O) groups is 5. The van der Waals surface area contributed by atoms with Gasteiger partial charge in [-0.1, -0.05) is 11.6 Å². The van der Waals surface area contributed by atoms with Crippen LogP contribution >= 0.6 is 11.6 Å². The lowest BCUT2D eigenvalue weighted by molar-refractivity contribution is -0.136. The third kappa shape index (κ3) is 8.03. The summed E-state index contributed by atoms with van der Waals surface area (Å²) < 4.78 is 15.6.